The number of aromatic nitrogens is 1. The van der Waals surface area contributed by atoms with Crippen LogP contribution in [0.5, 0.6) is 0 Å². The van der Waals surface area contributed by atoms with Gasteiger partial charge in [0.2, 0.25) is 0 Å². The van der Waals surface area contributed by atoms with Gasteiger partial charge in [-0.2, -0.15) is 0 Å². The molecule has 17 heavy (non-hydrogen) atoms. The van der Waals surface area contributed by atoms with Gasteiger partial charge in [-0.1, -0.05) is 42.1 Å². The molecule has 0 spiro atoms. The lowest BCUT2D eigenvalue weighted by Crippen LogP contribution is -2.13. The molecule has 0 bridgehead atoms. The number of nitrogens with zero attached hydrogens (tertiary/aromatic N) is 1. The summed E-state index contributed by atoms with van der Waals surface area (Å²) in [7, 11) is 0. The van der Waals surface area contributed by atoms with Gasteiger partial charge in [0.15, 0.2) is 0 Å². The summed E-state index contributed by atoms with van der Waals surface area (Å²) < 4.78 is 0.909. The molecular formula is C12H11NO2S2. The second kappa shape index (κ2) is 5.84. The Balaban J connectivity index is 2.06. The first kappa shape index (κ1) is 12.1. The van der Waals surface area contributed by atoms with Gasteiger partial charge in [-0.15, -0.1) is 11.3 Å². The van der Waals surface area contributed by atoms with Crippen LogP contribution in [-0.2, 0) is 4.79 Å². The minimum atomic E-state index is -0.791. The van der Waals surface area contributed by atoms with E-state index in [4.69, 9.17) is 0 Å². The Hall–Kier alpha value is -1.33. The van der Waals surface area contributed by atoms with Gasteiger partial charge in [0.05, 0.1) is 5.92 Å². The molecule has 1 unspecified atom stereocenters. The average molecular weight is 265 g/mol. The maximum Gasteiger partial charge on any atom is 0.311 e. The maximum atomic E-state index is 11.2. The minimum absolute atomic E-state index is 0.481. The van der Waals surface area contributed by atoms with Crippen LogP contribution in [0.3, 0.4) is 0 Å². The molecule has 1 atom stereocenters. The maximum absolute atomic E-state index is 11.2. The Labute approximate surface area is 108 Å². The lowest BCUT2D eigenvalue weighted by molar-refractivity contribution is -0.138. The molecule has 1 N–H and O–H groups in total. The van der Waals surface area contributed by atoms with Crippen LogP contribution < -0.4 is 0 Å². The molecule has 0 saturated carbocycles. The summed E-state index contributed by atoms with van der Waals surface area (Å²) in [6.07, 6.45) is 1.73. The first-order valence-electron chi connectivity index (χ1n) is 5.07. The van der Waals surface area contributed by atoms with Crippen molar-refractivity contribution in [3.05, 3.63) is 47.5 Å². The normalized spacial score (nSPS) is 12.2. The Morgan fingerprint density at radius 2 is 2.18 bits per heavy atom. The molecule has 2 rings (SSSR count). The number of thiazole rings is 1. The van der Waals surface area contributed by atoms with Gasteiger partial charge in [0.25, 0.3) is 0 Å². The fraction of sp³-hybridized carbons (Fsp3) is 0.167. The number of carboxylic acids is 1. The topological polar surface area (TPSA) is 50.2 Å². The van der Waals surface area contributed by atoms with E-state index in [9.17, 15) is 9.90 Å². The summed E-state index contributed by atoms with van der Waals surface area (Å²) >= 11 is 3.02. The van der Waals surface area contributed by atoms with Crippen LogP contribution in [0.25, 0.3) is 0 Å². The Kier molecular flexibility index (Phi) is 4.17. The number of hydrogen-bond donors (Lipinski definition) is 1. The van der Waals surface area contributed by atoms with Crippen LogP contribution in [0.15, 0.2) is 46.2 Å². The number of hydrogen-bond acceptors (Lipinski definition) is 4. The average Bonchev–Trinajstić information content (AvgIpc) is 2.83. The smallest absolute Gasteiger partial charge is 0.311 e. The zero-order valence-corrected chi connectivity index (χ0v) is 10.6. The third-order valence-corrected chi connectivity index (χ3v) is 4.34. The molecule has 0 amide bonds. The highest BCUT2D eigenvalue weighted by Crippen LogP contribution is 2.27. The number of aliphatic carboxylic acids is 1. The molecule has 0 aliphatic heterocycles. The highest BCUT2D eigenvalue weighted by molar-refractivity contribution is 8.01. The van der Waals surface area contributed by atoms with Crippen molar-refractivity contribution in [3.63, 3.8) is 0 Å². The standard InChI is InChI=1S/C12H11NO2S2/c14-11(15)10(9-4-2-1-3-5-9)8-17-12-13-6-7-16-12/h1-7,10H,8H2,(H,14,15). The van der Waals surface area contributed by atoms with Crippen molar-refractivity contribution in [2.75, 3.05) is 5.75 Å². The van der Waals surface area contributed by atoms with Crippen LogP contribution in [0.1, 0.15) is 11.5 Å². The van der Waals surface area contributed by atoms with E-state index in [1.54, 1.807) is 6.20 Å². The molecule has 0 fully saturated rings. The Morgan fingerprint density at radius 1 is 1.41 bits per heavy atom. The summed E-state index contributed by atoms with van der Waals surface area (Å²) in [5.41, 5.74) is 0.837. The van der Waals surface area contributed by atoms with Crippen LogP contribution in [0, 0.1) is 0 Å². The highest BCUT2D eigenvalue weighted by atomic mass is 32.2. The molecule has 2 aromatic rings. The lowest BCUT2D eigenvalue weighted by atomic mass is 10.0. The van der Waals surface area contributed by atoms with Crippen LogP contribution in [0.4, 0.5) is 0 Å². The molecule has 1 heterocycles. The third-order valence-electron chi connectivity index (χ3n) is 2.28. The summed E-state index contributed by atoms with van der Waals surface area (Å²) in [6, 6.07) is 9.30. The second-order valence-electron chi connectivity index (χ2n) is 3.41. The third kappa shape index (κ3) is 3.31. The molecule has 3 nitrogen and oxygen atoms in total. The van der Waals surface area contributed by atoms with Gasteiger partial charge in [-0.3, -0.25) is 4.79 Å². The van der Waals surface area contributed by atoms with Gasteiger partial charge in [0.1, 0.15) is 4.34 Å². The fourth-order valence-electron chi connectivity index (χ4n) is 1.43. The van der Waals surface area contributed by atoms with E-state index in [1.165, 1.54) is 23.1 Å². The molecule has 1 aromatic carbocycles. The SMILES string of the molecule is O=C(O)C(CSc1nccs1)c1ccccc1. The second-order valence-corrected chi connectivity index (χ2v) is 5.57. The first-order chi connectivity index (χ1) is 8.27. The van der Waals surface area contributed by atoms with Crippen molar-refractivity contribution in [1.29, 1.82) is 0 Å². The van der Waals surface area contributed by atoms with E-state index in [0.29, 0.717) is 5.75 Å². The highest BCUT2D eigenvalue weighted by Gasteiger charge is 2.20. The zero-order chi connectivity index (χ0) is 12.1. The molecule has 0 aliphatic carbocycles. The first-order valence-corrected chi connectivity index (χ1v) is 6.94. The van der Waals surface area contributed by atoms with Crippen molar-refractivity contribution in [3.8, 4) is 0 Å². The fourth-order valence-corrected chi connectivity index (χ4v) is 3.21. The van der Waals surface area contributed by atoms with Crippen LogP contribution >= 0.6 is 23.1 Å². The van der Waals surface area contributed by atoms with Crippen molar-refractivity contribution in [2.45, 2.75) is 10.3 Å². The Bertz CT molecular complexity index is 471. The molecule has 0 saturated heterocycles. The molecule has 5 heteroatoms. The van der Waals surface area contributed by atoms with Gasteiger partial charge in [-0.05, 0) is 5.56 Å². The van der Waals surface area contributed by atoms with Gasteiger partial charge < -0.3 is 5.11 Å². The molecule has 88 valence electrons. The van der Waals surface area contributed by atoms with E-state index in [-0.39, 0.29) is 0 Å². The molecular weight excluding hydrogens is 254 g/mol. The van der Waals surface area contributed by atoms with E-state index in [2.05, 4.69) is 4.98 Å². The largest absolute Gasteiger partial charge is 0.481 e. The number of benzene rings is 1. The van der Waals surface area contributed by atoms with Crippen molar-refractivity contribution >= 4 is 29.1 Å². The monoisotopic (exact) mass is 265 g/mol. The number of carbonyl (C=O) groups is 1. The van der Waals surface area contributed by atoms with Gasteiger partial charge >= 0.3 is 5.97 Å². The minimum Gasteiger partial charge on any atom is -0.481 e. The van der Waals surface area contributed by atoms with Gasteiger partial charge in [-0.25, -0.2) is 4.98 Å². The Morgan fingerprint density at radius 3 is 2.76 bits per heavy atom. The lowest BCUT2D eigenvalue weighted by Gasteiger charge is -2.11. The predicted octanol–water partition coefficient (Wildman–Crippen LogP) is 3.10. The van der Waals surface area contributed by atoms with Crippen LogP contribution in [0.2, 0.25) is 0 Å². The zero-order valence-electron chi connectivity index (χ0n) is 8.95. The number of carboxylic acid groups (broad SMARTS) is 1. The summed E-state index contributed by atoms with van der Waals surface area (Å²) in [6.45, 7) is 0. The molecule has 1 aromatic heterocycles. The molecule has 0 radical (unpaired) electrons. The summed E-state index contributed by atoms with van der Waals surface area (Å²) in [5.74, 6) is -0.766. The number of thioether (sulfide) groups is 1. The molecule has 0 aliphatic rings. The summed E-state index contributed by atoms with van der Waals surface area (Å²) in [5, 5.41) is 11.1. The van der Waals surface area contributed by atoms with E-state index in [0.717, 1.165) is 9.90 Å². The number of rotatable bonds is 5. The van der Waals surface area contributed by atoms with E-state index in [1.807, 2.05) is 35.7 Å². The quantitative estimate of drug-likeness (QED) is 0.844. The van der Waals surface area contributed by atoms with E-state index >= 15 is 0 Å². The summed E-state index contributed by atoms with van der Waals surface area (Å²) in [4.78, 5) is 15.4. The van der Waals surface area contributed by atoms with E-state index < -0.39 is 11.9 Å². The van der Waals surface area contributed by atoms with Crippen molar-refractivity contribution < 1.29 is 9.90 Å². The van der Waals surface area contributed by atoms with Gasteiger partial charge in [0, 0.05) is 17.3 Å². The van der Waals surface area contributed by atoms with Crippen LogP contribution in [-0.4, -0.2) is 21.8 Å². The van der Waals surface area contributed by atoms with Crippen molar-refractivity contribution in [2.24, 2.45) is 0 Å². The van der Waals surface area contributed by atoms with Crippen molar-refractivity contribution in [1.82, 2.24) is 4.98 Å². The predicted molar refractivity (Wildman–Crippen MR) is 69.7 cm³/mol.